The average molecular weight is 286 g/mol. The standard InChI is InChI=1S/C14H20ClNO3/c1-2-3-10(4-5-15)9-16-14(19)11-6-12(17)8-13(18)7-11/h6-8,10,17-18H,2-5,9H2,1H3,(H,16,19). The minimum atomic E-state index is -0.304. The van der Waals surface area contributed by atoms with E-state index in [1.54, 1.807) is 0 Å². The highest BCUT2D eigenvalue weighted by Crippen LogP contribution is 2.20. The smallest absolute Gasteiger partial charge is 0.251 e. The van der Waals surface area contributed by atoms with Crippen molar-refractivity contribution < 1.29 is 15.0 Å². The van der Waals surface area contributed by atoms with E-state index in [-0.39, 0.29) is 23.0 Å². The number of halogens is 1. The van der Waals surface area contributed by atoms with Crippen LogP contribution in [-0.4, -0.2) is 28.5 Å². The highest BCUT2D eigenvalue weighted by atomic mass is 35.5. The second kappa shape index (κ2) is 7.89. The minimum Gasteiger partial charge on any atom is -0.508 e. The van der Waals surface area contributed by atoms with Crippen molar-refractivity contribution in [1.82, 2.24) is 5.32 Å². The number of phenolic OH excluding ortho intramolecular Hbond substituents is 2. The van der Waals surface area contributed by atoms with Gasteiger partial charge in [0.15, 0.2) is 0 Å². The second-order valence-electron chi connectivity index (χ2n) is 4.58. The Kier molecular flexibility index (Phi) is 6.50. The number of hydrogen-bond acceptors (Lipinski definition) is 3. The molecule has 0 aromatic heterocycles. The van der Waals surface area contributed by atoms with Gasteiger partial charge < -0.3 is 15.5 Å². The largest absolute Gasteiger partial charge is 0.508 e. The van der Waals surface area contributed by atoms with Crippen LogP contribution >= 0.6 is 11.6 Å². The van der Waals surface area contributed by atoms with Gasteiger partial charge in [-0.05, 0) is 30.9 Å². The van der Waals surface area contributed by atoms with Crippen molar-refractivity contribution >= 4 is 17.5 Å². The molecule has 0 spiro atoms. The van der Waals surface area contributed by atoms with Gasteiger partial charge in [-0.25, -0.2) is 0 Å². The molecule has 106 valence electrons. The van der Waals surface area contributed by atoms with Crippen molar-refractivity contribution in [1.29, 1.82) is 0 Å². The molecule has 1 rings (SSSR count). The molecule has 0 aliphatic heterocycles. The number of benzene rings is 1. The summed E-state index contributed by atoms with van der Waals surface area (Å²) in [6, 6.07) is 3.83. The molecule has 5 heteroatoms. The number of aromatic hydroxyl groups is 2. The molecule has 0 saturated carbocycles. The van der Waals surface area contributed by atoms with Gasteiger partial charge in [0.2, 0.25) is 0 Å². The summed E-state index contributed by atoms with van der Waals surface area (Å²) in [4.78, 5) is 11.9. The third kappa shape index (κ3) is 5.39. The summed E-state index contributed by atoms with van der Waals surface area (Å²) in [6.45, 7) is 2.64. The molecule has 0 fully saturated rings. The molecule has 3 N–H and O–H groups in total. The molecule has 0 radical (unpaired) electrons. The van der Waals surface area contributed by atoms with E-state index in [2.05, 4.69) is 12.2 Å². The van der Waals surface area contributed by atoms with Gasteiger partial charge in [0, 0.05) is 24.1 Å². The lowest BCUT2D eigenvalue weighted by Crippen LogP contribution is -2.29. The SMILES string of the molecule is CCCC(CCCl)CNC(=O)c1cc(O)cc(O)c1. The quantitative estimate of drug-likeness (QED) is 0.675. The topological polar surface area (TPSA) is 69.6 Å². The van der Waals surface area contributed by atoms with Crippen LogP contribution in [0.3, 0.4) is 0 Å². The molecule has 4 nitrogen and oxygen atoms in total. The Morgan fingerprint density at radius 1 is 1.26 bits per heavy atom. The molecule has 1 amide bonds. The first-order chi connectivity index (χ1) is 9.06. The minimum absolute atomic E-state index is 0.129. The van der Waals surface area contributed by atoms with E-state index in [1.165, 1.54) is 18.2 Å². The molecule has 1 aromatic carbocycles. The lowest BCUT2D eigenvalue weighted by atomic mass is 10.0. The van der Waals surface area contributed by atoms with Crippen molar-refractivity contribution in [3.05, 3.63) is 23.8 Å². The molecule has 0 aliphatic rings. The van der Waals surface area contributed by atoms with E-state index in [0.29, 0.717) is 18.3 Å². The third-order valence-electron chi connectivity index (χ3n) is 2.93. The van der Waals surface area contributed by atoms with E-state index in [1.807, 2.05) is 0 Å². The molecular weight excluding hydrogens is 266 g/mol. The number of alkyl halides is 1. The van der Waals surface area contributed by atoms with Crippen LogP contribution in [0.25, 0.3) is 0 Å². The molecule has 1 unspecified atom stereocenters. The van der Waals surface area contributed by atoms with Crippen molar-refractivity contribution in [2.24, 2.45) is 5.92 Å². The zero-order valence-corrected chi connectivity index (χ0v) is 11.8. The van der Waals surface area contributed by atoms with E-state index < -0.39 is 0 Å². The van der Waals surface area contributed by atoms with Crippen LogP contribution in [0.5, 0.6) is 11.5 Å². The number of phenols is 2. The summed E-state index contributed by atoms with van der Waals surface area (Å²) < 4.78 is 0. The Bertz CT molecular complexity index is 397. The van der Waals surface area contributed by atoms with E-state index >= 15 is 0 Å². The van der Waals surface area contributed by atoms with Gasteiger partial charge in [-0.15, -0.1) is 11.6 Å². The Morgan fingerprint density at radius 3 is 2.42 bits per heavy atom. The molecule has 0 saturated heterocycles. The maximum atomic E-state index is 11.9. The molecule has 0 bridgehead atoms. The fourth-order valence-corrected chi connectivity index (χ4v) is 2.28. The number of amides is 1. The van der Waals surface area contributed by atoms with Crippen molar-refractivity contribution in [3.63, 3.8) is 0 Å². The van der Waals surface area contributed by atoms with Crippen LogP contribution in [0, 0.1) is 5.92 Å². The molecule has 19 heavy (non-hydrogen) atoms. The Balaban J connectivity index is 2.58. The first kappa shape index (κ1) is 15.6. The van der Waals surface area contributed by atoms with Crippen molar-refractivity contribution in [2.45, 2.75) is 26.2 Å². The zero-order valence-electron chi connectivity index (χ0n) is 11.0. The number of carbonyl (C=O) groups excluding carboxylic acids is 1. The van der Waals surface area contributed by atoms with Crippen LogP contribution < -0.4 is 5.32 Å². The van der Waals surface area contributed by atoms with E-state index in [4.69, 9.17) is 11.6 Å². The van der Waals surface area contributed by atoms with E-state index in [0.717, 1.165) is 19.3 Å². The first-order valence-electron chi connectivity index (χ1n) is 6.44. The Morgan fingerprint density at radius 2 is 1.89 bits per heavy atom. The fourth-order valence-electron chi connectivity index (χ4n) is 1.98. The number of nitrogens with one attached hydrogen (secondary N) is 1. The van der Waals surface area contributed by atoms with Gasteiger partial charge >= 0.3 is 0 Å². The predicted octanol–water partition coefficient (Wildman–Crippen LogP) is 2.87. The zero-order chi connectivity index (χ0) is 14.3. The van der Waals surface area contributed by atoms with Gasteiger partial charge in [0.25, 0.3) is 5.91 Å². The van der Waals surface area contributed by atoms with Gasteiger partial charge in [0.05, 0.1) is 0 Å². The highest BCUT2D eigenvalue weighted by molar-refractivity contribution is 6.17. The van der Waals surface area contributed by atoms with Gasteiger partial charge in [0.1, 0.15) is 11.5 Å². The molecule has 1 aromatic rings. The Hall–Kier alpha value is -1.42. The highest BCUT2D eigenvalue weighted by Gasteiger charge is 2.12. The number of carbonyl (C=O) groups is 1. The summed E-state index contributed by atoms with van der Waals surface area (Å²) in [7, 11) is 0. The lowest BCUT2D eigenvalue weighted by Gasteiger charge is -2.15. The molecule has 0 aliphatic carbocycles. The van der Waals surface area contributed by atoms with Gasteiger partial charge in [-0.1, -0.05) is 13.3 Å². The molecule has 0 heterocycles. The van der Waals surface area contributed by atoms with Crippen molar-refractivity contribution in [2.75, 3.05) is 12.4 Å². The third-order valence-corrected chi connectivity index (χ3v) is 3.15. The van der Waals surface area contributed by atoms with Crippen LogP contribution in [0.4, 0.5) is 0 Å². The number of hydrogen-bond donors (Lipinski definition) is 3. The summed E-state index contributed by atoms with van der Waals surface area (Å²) in [5.41, 5.74) is 0.249. The predicted molar refractivity (Wildman–Crippen MR) is 75.8 cm³/mol. The van der Waals surface area contributed by atoms with Crippen molar-refractivity contribution in [3.8, 4) is 11.5 Å². The summed E-state index contributed by atoms with van der Waals surface area (Å²) >= 11 is 5.73. The second-order valence-corrected chi connectivity index (χ2v) is 4.96. The lowest BCUT2D eigenvalue weighted by molar-refractivity contribution is 0.0945. The fraction of sp³-hybridized carbons (Fsp3) is 0.500. The maximum Gasteiger partial charge on any atom is 0.251 e. The average Bonchev–Trinajstić information content (AvgIpc) is 2.35. The van der Waals surface area contributed by atoms with Crippen LogP contribution in [0.1, 0.15) is 36.5 Å². The Labute approximate surface area is 118 Å². The van der Waals surface area contributed by atoms with Crippen LogP contribution in [0.2, 0.25) is 0 Å². The van der Waals surface area contributed by atoms with Gasteiger partial charge in [-0.3, -0.25) is 4.79 Å². The number of rotatable bonds is 7. The summed E-state index contributed by atoms with van der Waals surface area (Å²) in [5, 5.41) is 21.5. The maximum absolute atomic E-state index is 11.9. The summed E-state index contributed by atoms with van der Waals surface area (Å²) in [5.74, 6) is 0.374. The van der Waals surface area contributed by atoms with E-state index in [9.17, 15) is 15.0 Å². The van der Waals surface area contributed by atoms with Gasteiger partial charge in [-0.2, -0.15) is 0 Å². The monoisotopic (exact) mass is 285 g/mol. The summed E-state index contributed by atoms with van der Waals surface area (Å²) in [6.07, 6.45) is 2.92. The van der Waals surface area contributed by atoms with Crippen LogP contribution in [-0.2, 0) is 0 Å². The molecule has 1 atom stereocenters. The normalized spacial score (nSPS) is 12.1. The first-order valence-corrected chi connectivity index (χ1v) is 6.97. The molecular formula is C14H20ClNO3. The van der Waals surface area contributed by atoms with Crippen LogP contribution in [0.15, 0.2) is 18.2 Å².